The molecule has 0 aromatic heterocycles. The lowest BCUT2D eigenvalue weighted by Gasteiger charge is -2.34. The van der Waals surface area contributed by atoms with E-state index in [1.54, 1.807) is 49.4 Å². The molecule has 9 nitrogen and oxygen atoms in total. The van der Waals surface area contributed by atoms with E-state index in [1.807, 2.05) is 20.8 Å². The second-order valence-electron chi connectivity index (χ2n) is 10.4. The van der Waals surface area contributed by atoms with Gasteiger partial charge in [-0.1, -0.05) is 60.8 Å². The number of rotatable bonds is 14. The summed E-state index contributed by atoms with van der Waals surface area (Å²) < 4.78 is 40.3. The van der Waals surface area contributed by atoms with Crippen molar-refractivity contribution in [3.63, 3.8) is 0 Å². The van der Waals surface area contributed by atoms with E-state index < -0.39 is 28.5 Å². The van der Waals surface area contributed by atoms with Gasteiger partial charge in [-0.15, -0.1) is 0 Å². The van der Waals surface area contributed by atoms with Gasteiger partial charge in [-0.05, 0) is 68.7 Å². The van der Waals surface area contributed by atoms with Crippen LogP contribution in [0, 0.1) is 6.92 Å². The zero-order valence-electron chi connectivity index (χ0n) is 25.8. The zero-order chi connectivity index (χ0) is 32.6. The van der Waals surface area contributed by atoms with Gasteiger partial charge in [0.15, 0.2) is 0 Å². The highest BCUT2D eigenvalue weighted by Gasteiger charge is 2.35. The smallest absolute Gasteiger partial charge is 0.264 e. The van der Waals surface area contributed by atoms with Crippen molar-refractivity contribution < 1.29 is 27.5 Å². The molecule has 3 rings (SSSR count). The van der Waals surface area contributed by atoms with Crippen LogP contribution in [0.25, 0.3) is 0 Å². The molecular weight excluding hydrogens is 625 g/mol. The summed E-state index contributed by atoms with van der Waals surface area (Å²) in [7, 11) is -1.44. The van der Waals surface area contributed by atoms with E-state index in [1.165, 1.54) is 37.3 Å². The lowest BCUT2D eigenvalue weighted by molar-refractivity contribution is -0.140. The molecule has 0 saturated carbocycles. The second-order valence-corrected chi connectivity index (χ2v) is 13.1. The molecule has 0 fully saturated rings. The van der Waals surface area contributed by atoms with E-state index in [0.717, 1.165) is 9.87 Å². The standard InChI is InChI=1S/C32H39Cl2N3O6S/c1-7-22(4)35-32(39)28(8-2)36(19-23-11-15-26(33)27(34)17-23)31(38)20-37(29-18-24(42-5)12-16-30(29)43-6)44(40,41)25-13-9-21(3)10-14-25/h9-18,22,28H,7-8,19-20H2,1-6H3,(H,35,39). The number of hydrogen-bond donors (Lipinski definition) is 1. The van der Waals surface area contributed by atoms with Crippen LogP contribution in [-0.4, -0.2) is 58.0 Å². The summed E-state index contributed by atoms with van der Waals surface area (Å²) in [6.07, 6.45) is 0.976. The zero-order valence-corrected chi connectivity index (χ0v) is 28.1. The largest absolute Gasteiger partial charge is 0.497 e. The Balaban J connectivity index is 2.16. The normalized spacial score (nSPS) is 12.6. The van der Waals surface area contributed by atoms with Gasteiger partial charge in [-0.3, -0.25) is 13.9 Å². The number of nitrogens with zero attached hydrogens (tertiary/aromatic N) is 2. The molecule has 0 radical (unpaired) electrons. The van der Waals surface area contributed by atoms with Gasteiger partial charge >= 0.3 is 0 Å². The summed E-state index contributed by atoms with van der Waals surface area (Å²) in [6.45, 7) is 6.81. The third-order valence-electron chi connectivity index (χ3n) is 7.27. The maximum atomic E-state index is 14.3. The fourth-order valence-corrected chi connectivity index (χ4v) is 6.27. The van der Waals surface area contributed by atoms with Gasteiger partial charge in [0.05, 0.1) is 34.8 Å². The molecule has 2 atom stereocenters. The van der Waals surface area contributed by atoms with Crippen LogP contribution in [0.15, 0.2) is 65.6 Å². The van der Waals surface area contributed by atoms with Crippen molar-refractivity contribution in [3.05, 3.63) is 81.8 Å². The van der Waals surface area contributed by atoms with Gasteiger partial charge < -0.3 is 19.7 Å². The molecule has 0 spiro atoms. The highest BCUT2D eigenvalue weighted by molar-refractivity contribution is 7.92. The van der Waals surface area contributed by atoms with E-state index in [0.29, 0.717) is 27.8 Å². The average molecular weight is 665 g/mol. The Morgan fingerprint density at radius 2 is 1.59 bits per heavy atom. The van der Waals surface area contributed by atoms with Crippen molar-refractivity contribution in [2.75, 3.05) is 25.1 Å². The molecule has 0 aliphatic heterocycles. The molecule has 3 aromatic rings. The van der Waals surface area contributed by atoms with Crippen molar-refractivity contribution in [1.82, 2.24) is 10.2 Å². The summed E-state index contributed by atoms with van der Waals surface area (Å²) in [4.78, 5) is 29.2. The Morgan fingerprint density at radius 3 is 2.16 bits per heavy atom. The minimum atomic E-state index is -4.31. The van der Waals surface area contributed by atoms with Gasteiger partial charge in [0, 0.05) is 18.7 Å². The van der Waals surface area contributed by atoms with Crippen LogP contribution in [0.1, 0.15) is 44.7 Å². The topological polar surface area (TPSA) is 105 Å². The predicted molar refractivity (Wildman–Crippen MR) is 174 cm³/mol. The Bertz CT molecular complexity index is 1570. The molecule has 0 aliphatic rings. The first-order valence-corrected chi connectivity index (χ1v) is 16.4. The minimum absolute atomic E-state index is 0.0154. The Hall–Kier alpha value is -3.47. The first-order valence-electron chi connectivity index (χ1n) is 14.2. The van der Waals surface area contributed by atoms with Crippen molar-refractivity contribution in [1.29, 1.82) is 0 Å². The molecule has 2 unspecified atom stereocenters. The number of carbonyl (C=O) groups excluding carboxylic acids is 2. The summed E-state index contributed by atoms with van der Waals surface area (Å²) in [5, 5.41) is 3.59. The van der Waals surface area contributed by atoms with Crippen LogP contribution >= 0.6 is 23.2 Å². The molecule has 0 aliphatic carbocycles. The van der Waals surface area contributed by atoms with E-state index in [2.05, 4.69) is 5.32 Å². The lowest BCUT2D eigenvalue weighted by Crippen LogP contribution is -2.53. The van der Waals surface area contributed by atoms with E-state index in [4.69, 9.17) is 32.7 Å². The minimum Gasteiger partial charge on any atom is -0.497 e. The third-order valence-corrected chi connectivity index (χ3v) is 9.78. The monoisotopic (exact) mass is 663 g/mol. The van der Waals surface area contributed by atoms with Crippen LogP contribution in [-0.2, 0) is 26.2 Å². The number of sulfonamides is 1. The number of halogens is 2. The first-order chi connectivity index (χ1) is 20.9. The highest BCUT2D eigenvalue weighted by Crippen LogP contribution is 2.36. The maximum Gasteiger partial charge on any atom is 0.264 e. The van der Waals surface area contributed by atoms with Gasteiger partial charge in [-0.25, -0.2) is 8.42 Å². The van der Waals surface area contributed by atoms with Crippen LogP contribution in [0.2, 0.25) is 10.0 Å². The molecule has 1 N–H and O–H groups in total. The van der Waals surface area contributed by atoms with Crippen LogP contribution < -0.4 is 19.1 Å². The molecule has 2 amide bonds. The van der Waals surface area contributed by atoms with E-state index in [9.17, 15) is 18.0 Å². The molecule has 238 valence electrons. The second kappa shape index (κ2) is 15.5. The predicted octanol–water partition coefficient (Wildman–Crippen LogP) is 6.24. The molecular formula is C32H39Cl2N3O6S. The summed E-state index contributed by atoms with van der Waals surface area (Å²) in [5.74, 6) is -0.374. The van der Waals surface area contributed by atoms with Gasteiger partial charge in [0.25, 0.3) is 10.0 Å². The van der Waals surface area contributed by atoms with Crippen LogP contribution in [0.5, 0.6) is 11.5 Å². The van der Waals surface area contributed by atoms with Crippen molar-refractivity contribution in [2.24, 2.45) is 0 Å². The third kappa shape index (κ3) is 8.37. The molecule has 0 saturated heterocycles. The van der Waals surface area contributed by atoms with Gasteiger partial charge in [0.1, 0.15) is 24.1 Å². The van der Waals surface area contributed by atoms with E-state index in [-0.39, 0.29) is 41.2 Å². The van der Waals surface area contributed by atoms with Gasteiger partial charge in [0.2, 0.25) is 11.8 Å². The lowest BCUT2D eigenvalue weighted by atomic mass is 10.1. The number of benzene rings is 3. The number of hydrogen-bond acceptors (Lipinski definition) is 6. The molecule has 0 heterocycles. The average Bonchev–Trinajstić information content (AvgIpc) is 3.01. The van der Waals surface area contributed by atoms with Crippen LogP contribution in [0.3, 0.4) is 0 Å². The fraction of sp³-hybridized carbons (Fsp3) is 0.375. The highest BCUT2D eigenvalue weighted by atomic mass is 35.5. The number of carbonyl (C=O) groups is 2. The number of amides is 2. The Labute approximate surface area is 270 Å². The quantitative estimate of drug-likeness (QED) is 0.219. The van der Waals surface area contributed by atoms with Crippen molar-refractivity contribution in [3.8, 4) is 11.5 Å². The van der Waals surface area contributed by atoms with Gasteiger partial charge in [-0.2, -0.15) is 0 Å². The van der Waals surface area contributed by atoms with E-state index >= 15 is 0 Å². The number of ether oxygens (including phenoxy) is 2. The molecule has 3 aromatic carbocycles. The fourth-order valence-electron chi connectivity index (χ4n) is 4.54. The van der Waals surface area contributed by atoms with Crippen LogP contribution in [0.4, 0.5) is 5.69 Å². The molecule has 0 bridgehead atoms. The summed E-state index contributed by atoms with van der Waals surface area (Å²) in [5.41, 5.74) is 1.60. The Morgan fingerprint density at radius 1 is 0.909 bits per heavy atom. The first kappa shape index (κ1) is 35.0. The molecule has 12 heteroatoms. The maximum absolute atomic E-state index is 14.3. The number of anilines is 1. The summed E-state index contributed by atoms with van der Waals surface area (Å²) in [6, 6.07) is 14.9. The van der Waals surface area contributed by atoms with Crippen molar-refractivity contribution >= 4 is 50.7 Å². The number of aryl methyl sites for hydroxylation is 1. The Kier molecular flexibility index (Phi) is 12.3. The number of methoxy groups -OCH3 is 2. The van der Waals surface area contributed by atoms with Crippen molar-refractivity contribution in [2.45, 2.75) is 64.1 Å². The molecule has 44 heavy (non-hydrogen) atoms. The number of nitrogens with one attached hydrogen (secondary N) is 1. The SMILES string of the molecule is CCC(C)NC(=O)C(CC)N(Cc1ccc(Cl)c(Cl)c1)C(=O)CN(c1cc(OC)ccc1OC)S(=O)(=O)c1ccc(C)cc1. The summed E-state index contributed by atoms with van der Waals surface area (Å²) >= 11 is 12.4.